The van der Waals surface area contributed by atoms with E-state index in [1.165, 1.54) is 4.31 Å². The van der Waals surface area contributed by atoms with Crippen LogP contribution in [0, 0.1) is 11.8 Å². The number of benzene rings is 1. The number of hydrogen-bond acceptors (Lipinski definition) is 5. The average molecular weight is 450 g/mol. The van der Waals surface area contributed by atoms with Crippen molar-refractivity contribution < 1.29 is 22.7 Å². The third-order valence-corrected chi connectivity index (χ3v) is 8.47. The van der Waals surface area contributed by atoms with Gasteiger partial charge in [-0.3, -0.25) is 9.59 Å². The van der Waals surface area contributed by atoms with Crippen molar-refractivity contribution in [1.82, 2.24) is 9.62 Å². The molecule has 0 spiro atoms. The van der Waals surface area contributed by atoms with Crippen molar-refractivity contribution in [1.29, 1.82) is 0 Å². The molecule has 1 aromatic rings. The van der Waals surface area contributed by atoms with Crippen molar-refractivity contribution in [3.8, 4) is 0 Å². The zero-order valence-corrected chi connectivity index (χ0v) is 18.8. The molecular weight excluding hydrogens is 418 g/mol. The van der Waals surface area contributed by atoms with Crippen LogP contribution in [0.3, 0.4) is 0 Å². The second kappa shape index (κ2) is 9.26. The van der Waals surface area contributed by atoms with E-state index in [0.29, 0.717) is 37.8 Å². The van der Waals surface area contributed by atoms with E-state index in [1.807, 2.05) is 0 Å². The second-order valence-electron chi connectivity index (χ2n) is 8.87. The van der Waals surface area contributed by atoms with Crippen LogP contribution in [-0.2, 0) is 24.3 Å². The molecule has 1 aromatic carbocycles. The summed E-state index contributed by atoms with van der Waals surface area (Å²) in [4.78, 5) is 26.8. The molecule has 4 rings (SSSR count). The highest BCUT2D eigenvalue weighted by Gasteiger charge is 2.36. The van der Waals surface area contributed by atoms with Crippen molar-refractivity contribution in [2.24, 2.45) is 11.8 Å². The minimum Gasteiger partial charge on any atom is -0.376 e. The molecule has 2 atom stereocenters. The van der Waals surface area contributed by atoms with Crippen LogP contribution in [0.2, 0.25) is 0 Å². The summed E-state index contributed by atoms with van der Waals surface area (Å²) in [6.45, 7) is 4.73. The second-order valence-corrected chi connectivity index (χ2v) is 10.8. The Morgan fingerprint density at radius 3 is 2.52 bits per heavy atom. The Bertz CT molecular complexity index is 904. The Labute approximate surface area is 184 Å². The van der Waals surface area contributed by atoms with Crippen LogP contribution in [-0.4, -0.2) is 63.4 Å². The molecule has 31 heavy (non-hydrogen) atoms. The first-order chi connectivity index (χ1) is 14.8. The first kappa shape index (κ1) is 22.2. The number of ether oxygens (including phenoxy) is 1. The minimum atomic E-state index is -3.53. The molecular formula is C22H31N3O5S. The molecule has 1 N–H and O–H groups in total. The lowest BCUT2D eigenvalue weighted by Gasteiger charge is -2.29. The third-order valence-electron chi connectivity index (χ3n) is 6.55. The van der Waals surface area contributed by atoms with Gasteiger partial charge in [-0.2, -0.15) is 4.31 Å². The van der Waals surface area contributed by atoms with Crippen molar-refractivity contribution >= 4 is 27.5 Å². The molecule has 3 fully saturated rings. The van der Waals surface area contributed by atoms with Gasteiger partial charge in [-0.25, -0.2) is 8.42 Å². The van der Waals surface area contributed by atoms with E-state index in [4.69, 9.17) is 4.74 Å². The summed E-state index contributed by atoms with van der Waals surface area (Å²) in [5, 5.41) is 2.90. The number of nitrogens with one attached hydrogen (secondary N) is 1. The molecule has 3 heterocycles. The molecule has 0 aliphatic carbocycles. The molecule has 0 saturated carbocycles. The average Bonchev–Trinajstić information content (AvgIpc) is 3.42. The van der Waals surface area contributed by atoms with E-state index in [2.05, 4.69) is 12.2 Å². The number of piperidine rings is 1. The third kappa shape index (κ3) is 4.94. The number of sulfonamides is 1. The number of hydrogen-bond donors (Lipinski definition) is 1. The van der Waals surface area contributed by atoms with Gasteiger partial charge in [-0.05, 0) is 55.9 Å². The predicted octanol–water partition coefficient (Wildman–Crippen LogP) is 1.76. The van der Waals surface area contributed by atoms with Crippen molar-refractivity contribution in [2.75, 3.05) is 37.7 Å². The maximum atomic E-state index is 12.9. The first-order valence-electron chi connectivity index (χ1n) is 11.1. The molecule has 3 saturated heterocycles. The topological polar surface area (TPSA) is 96.0 Å². The summed E-state index contributed by atoms with van der Waals surface area (Å²) in [6.07, 6.45) is 3.92. The molecule has 0 unspecified atom stereocenters. The Hall–Kier alpha value is -1.97. The fourth-order valence-electron chi connectivity index (χ4n) is 4.47. The molecule has 0 aromatic heterocycles. The maximum Gasteiger partial charge on any atom is 0.243 e. The lowest BCUT2D eigenvalue weighted by Crippen LogP contribution is -2.38. The lowest BCUT2D eigenvalue weighted by molar-refractivity contribution is -0.126. The number of carbonyl (C=O) groups is 2. The van der Waals surface area contributed by atoms with Gasteiger partial charge in [0.1, 0.15) is 0 Å². The Morgan fingerprint density at radius 1 is 1.16 bits per heavy atom. The standard InChI is InChI=1S/C22H31N3O5S/c1-16-8-10-24(11-9-16)31(28,29)20-6-4-18(5-7-20)25-15-17(13-21(25)26)22(27)23-14-19-3-2-12-30-19/h4-7,16-17,19H,2-3,8-15H2,1H3,(H,23,27)/t17-,19+/m0/s1. The van der Waals surface area contributed by atoms with E-state index in [0.717, 1.165) is 32.3 Å². The first-order valence-corrected chi connectivity index (χ1v) is 12.6. The van der Waals surface area contributed by atoms with E-state index in [1.54, 1.807) is 29.2 Å². The number of anilines is 1. The van der Waals surface area contributed by atoms with Gasteiger partial charge >= 0.3 is 0 Å². The lowest BCUT2D eigenvalue weighted by atomic mass is 10.0. The zero-order chi connectivity index (χ0) is 22.0. The van der Waals surface area contributed by atoms with Crippen LogP contribution in [0.5, 0.6) is 0 Å². The van der Waals surface area contributed by atoms with Crippen LogP contribution >= 0.6 is 0 Å². The summed E-state index contributed by atoms with van der Waals surface area (Å²) in [7, 11) is -3.53. The maximum absolute atomic E-state index is 12.9. The number of nitrogens with zero attached hydrogens (tertiary/aromatic N) is 2. The number of carbonyl (C=O) groups excluding carboxylic acids is 2. The highest BCUT2D eigenvalue weighted by molar-refractivity contribution is 7.89. The van der Waals surface area contributed by atoms with Crippen LogP contribution < -0.4 is 10.2 Å². The zero-order valence-electron chi connectivity index (χ0n) is 18.0. The Morgan fingerprint density at radius 2 is 1.87 bits per heavy atom. The minimum absolute atomic E-state index is 0.0646. The summed E-state index contributed by atoms with van der Waals surface area (Å²) < 4.78 is 32.9. The molecule has 0 radical (unpaired) electrons. The van der Waals surface area contributed by atoms with Crippen molar-refractivity contribution in [2.45, 2.75) is 50.0 Å². The predicted molar refractivity (Wildman–Crippen MR) is 116 cm³/mol. The van der Waals surface area contributed by atoms with Gasteiger partial charge in [0, 0.05) is 44.9 Å². The van der Waals surface area contributed by atoms with E-state index in [-0.39, 0.29) is 29.2 Å². The van der Waals surface area contributed by atoms with Gasteiger partial charge in [0.15, 0.2) is 0 Å². The van der Waals surface area contributed by atoms with Crippen LogP contribution in [0.4, 0.5) is 5.69 Å². The Kier molecular flexibility index (Phi) is 6.64. The molecule has 0 bridgehead atoms. The summed E-state index contributed by atoms with van der Waals surface area (Å²) >= 11 is 0. The van der Waals surface area contributed by atoms with Gasteiger partial charge in [-0.1, -0.05) is 6.92 Å². The van der Waals surface area contributed by atoms with Crippen molar-refractivity contribution in [3.63, 3.8) is 0 Å². The quantitative estimate of drug-likeness (QED) is 0.714. The van der Waals surface area contributed by atoms with E-state index in [9.17, 15) is 18.0 Å². The van der Waals surface area contributed by atoms with Gasteiger partial charge in [0.25, 0.3) is 0 Å². The van der Waals surface area contributed by atoms with Gasteiger partial charge in [0.05, 0.1) is 16.9 Å². The van der Waals surface area contributed by atoms with Crippen molar-refractivity contribution in [3.05, 3.63) is 24.3 Å². The summed E-state index contributed by atoms with van der Waals surface area (Å²) in [6, 6.07) is 6.43. The van der Waals surface area contributed by atoms with Gasteiger partial charge in [0.2, 0.25) is 21.8 Å². The smallest absolute Gasteiger partial charge is 0.243 e. The fraction of sp³-hybridized carbons (Fsp3) is 0.636. The largest absolute Gasteiger partial charge is 0.376 e. The van der Waals surface area contributed by atoms with E-state index < -0.39 is 15.9 Å². The molecule has 170 valence electrons. The fourth-order valence-corrected chi connectivity index (χ4v) is 5.94. The molecule has 2 amide bonds. The normalized spacial score (nSPS) is 25.8. The monoisotopic (exact) mass is 449 g/mol. The highest BCUT2D eigenvalue weighted by atomic mass is 32.2. The summed E-state index contributed by atoms with van der Waals surface area (Å²) in [5.41, 5.74) is 0.616. The number of amides is 2. The number of rotatable bonds is 6. The SMILES string of the molecule is CC1CCN(S(=O)(=O)c2ccc(N3C[C@@H](C(=O)NC[C@H]4CCCO4)CC3=O)cc2)CC1. The van der Waals surface area contributed by atoms with Crippen LogP contribution in [0.1, 0.15) is 39.0 Å². The highest BCUT2D eigenvalue weighted by Crippen LogP contribution is 2.28. The van der Waals surface area contributed by atoms with Gasteiger partial charge < -0.3 is 15.0 Å². The molecule has 3 aliphatic rings. The molecule has 8 nitrogen and oxygen atoms in total. The summed E-state index contributed by atoms with van der Waals surface area (Å²) in [5.74, 6) is -0.124. The van der Waals surface area contributed by atoms with Gasteiger partial charge in [-0.15, -0.1) is 0 Å². The van der Waals surface area contributed by atoms with E-state index >= 15 is 0 Å². The molecule has 9 heteroatoms. The molecule has 3 aliphatic heterocycles. The Balaban J connectivity index is 1.37. The van der Waals surface area contributed by atoms with Crippen LogP contribution in [0.15, 0.2) is 29.2 Å². The van der Waals surface area contributed by atoms with Crippen LogP contribution in [0.25, 0.3) is 0 Å².